The van der Waals surface area contributed by atoms with Crippen LogP contribution in [-0.4, -0.2) is 9.55 Å². The zero-order valence-electron chi connectivity index (χ0n) is 10.1. The minimum atomic E-state index is -0.487. The smallest absolute Gasteiger partial charge is 0.330 e. The van der Waals surface area contributed by atoms with E-state index in [0.29, 0.717) is 6.54 Å². The first-order chi connectivity index (χ1) is 8.60. The maximum Gasteiger partial charge on any atom is 0.330 e. The molecule has 1 aromatic carbocycles. The van der Waals surface area contributed by atoms with Crippen molar-refractivity contribution < 1.29 is 0 Å². The van der Waals surface area contributed by atoms with E-state index in [1.54, 1.807) is 0 Å². The lowest BCUT2D eigenvalue weighted by molar-refractivity contribution is 0.732. The SMILES string of the molecule is CCc1ccc(Cn2c(N)cc(=O)[nH]c2=O)cc1. The van der Waals surface area contributed by atoms with Crippen LogP contribution in [0, 0.1) is 0 Å². The molecule has 0 spiro atoms. The van der Waals surface area contributed by atoms with E-state index < -0.39 is 11.2 Å². The Balaban J connectivity index is 2.34. The Kier molecular flexibility index (Phi) is 3.32. The van der Waals surface area contributed by atoms with Gasteiger partial charge in [-0.1, -0.05) is 31.2 Å². The number of anilines is 1. The number of nitrogens with zero attached hydrogens (tertiary/aromatic N) is 1. The summed E-state index contributed by atoms with van der Waals surface area (Å²) in [7, 11) is 0. The fourth-order valence-electron chi connectivity index (χ4n) is 1.76. The molecule has 2 aromatic rings. The number of hydrogen-bond donors (Lipinski definition) is 2. The van der Waals surface area contributed by atoms with Crippen molar-refractivity contribution in [3.05, 3.63) is 62.3 Å². The molecule has 0 aliphatic carbocycles. The van der Waals surface area contributed by atoms with Crippen LogP contribution >= 0.6 is 0 Å². The zero-order valence-corrected chi connectivity index (χ0v) is 10.1. The predicted molar refractivity (Wildman–Crippen MR) is 70.7 cm³/mol. The summed E-state index contributed by atoms with van der Waals surface area (Å²) in [5.41, 5.74) is 6.91. The summed E-state index contributed by atoms with van der Waals surface area (Å²) in [6.45, 7) is 2.44. The highest BCUT2D eigenvalue weighted by atomic mass is 16.2. The van der Waals surface area contributed by atoms with Crippen molar-refractivity contribution in [3.8, 4) is 0 Å². The average Bonchev–Trinajstić information content (AvgIpc) is 2.34. The lowest BCUT2D eigenvalue weighted by Crippen LogP contribution is -2.31. The van der Waals surface area contributed by atoms with Gasteiger partial charge in [-0.15, -0.1) is 0 Å². The van der Waals surface area contributed by atoms with E-state index in [-0.39, 0.29) is 5.82 Å². The number of aromatic amines is 1. The van der Waals surface area contributed by atoms with Gasteiger partial charge in [-0.25, -0.2) is 4.79 Å². The molecule has 0 saturated carbocycles. The first-order valence-corrected chi connectivity index (χ1v) is 5.77. The Bertz CT molecular complexity index is 653. The van der Waals surface area contributed by atoms with Gasteiger partial charge in [0, 0.05) is 6.07 Å². The molecule has 94 valence electrons. The van der Waals surface area contributed by atoms with Crippen molar-refractivity contribution in [1.82, 2.24) is 9.55 Å². The van der Waals surface area contributed by atoms with Crippen LogP contribution in [0.3, 0.4) is 0 Å². The van der Waals surface area contributed by atoms with Crippen molar-refractivity contribution in [2.75, 3.05) is 5.73 Å². The molecule has 5 heteroatoms. The maximum atomic E-state index is 11.6. The van der Waals surface area contributed by atoms with Gasteiger partial charge in [0.15, 0.2) is 0 Å². The molecular weight excluding hydrogens is 230 g/mol. The van der Waals surface area contributed by atoms with E-state index in [0.717, 1.165) is 12.0 Å². The molecule has 0 aliphatic heterocycles. The fraction of sp³-hybridized carbons (Fsp3) is 0.231. The zero-order chi connectivity index (χ0) is 13.1. The first-order valence-electron chi connectivity index (χ1n) is 5.77. The molecule has 0 radical (unpaired) electrons. The van der Waals surface area contributed by atoms with Crippen LogP contribution in [0.15, 0.2) is 39.9 Å². The largest absolute Gasteiger partial charge is 0.385 e. The van der Waals surface area contributed by atoms with Gasteiger partial charge in [0.05, 0.1) is 6.54 Å². The van der Waals surface area contributed by atoms with E-state index in [1.807, 2.05) is 24.3 Å². The van der Waals surface area contributed by atoms with Gasteiger partial charge in [0.1, 0.15) is 5.82 Å². The van der Waals surface area contributed by atoms with Crippen LogP contribution in [0.4, 0.5) is 5.82 Å². The normalized spacial score (nSPS) is 10.5. The van der Waals surface area contributed by atoms with Gasteiger partial charge in [-0.05, 0) is 17.5 Å². The van der Waals surface area contributed by atoms with Crippen molar-refractivity contribution in [2.24, 2.45) is 0 Å². The fourth-order valence-corrected chi connectivity index (χ4v) is 1.76. The van der Waals surface area contributed by atoms with Crippen LogP contribution in [0.2, 0.25) is 0 Å². The quantitative estimate of drug-likeness (QED) is 0.836. The molecule has 1 heterocycles. The number of nitrogens with one attached hydrogen (secondary N) is 1. The molecule has 0 amide bonds. The van der Waals surface area contributed by atoms with Crippen molar-refractivity contribution >= 4 is 5.82 Å². The molecule has 0 fully saturated rings. The Hall–Kier alpha value is -2.30. The highest BCUT2D eigenvalue weighted by Gasteiger charge is 2.03. The standard InChI is InChI=1S/C13H15N3O2/c1-2-9-3-5-10(6-4-9)8-16-11(14)7-12(17)15-13(16)18/h3-7H,2,8,14H2,1H3,(H,15,17,18). The molecule has 5 nitrogen and oxygen atoms in total. The molecule has 0 atom stereocenters. The second kappa shape index (κ2) is 4.91. The summed E-state index contributed by atoms with van der Waals surface area (Å²) in [6.07, 6.45) is 0.973. The lowest BCUT2D eigenvalue weighted by atomic mass is 10.1. The summed E-state index contributed by atoms with van der Waals surface area (Å²) in [5.74, 6) is 0.170. The first kappa shape index (κ1) is 12.2. The molecule has 0 saturated heterocycles. The summed E-state index contributed by atoms with van der Waals surface area (Å²) < 4.78 is 1.34. The van der Waals surface area contributed by atoms with E-state index in [1.165, 1.54) is 16.2 Å². The van der Waals surface area contributed by atoms with E-state index in [9.17, 15) is 9.59 Å². The third kappa shape index (κ3) is 2.51. The lowest BCUT2D eigenvalue weighted by Gasteiger charge is -2.08. The Morgan fingerprint density at radius 3 is 2.33 bits per heavy atom. The van der Waals surface area contributed by atoms with Crippen LogP contribution in [0.25, 0.3) is 0 Å². The second-order valence-corrected chi connectivity index (χ2v) is 4.12. The van der Waals surface area contributed by atoms with E-state index in [2.05, 4.69) is 11.9 Å². The number of H-pyrrole nitrogens is 1. The third-order valence-electron chi connectivity index (χ3n) is 2.84. The minimum absolute atomic E-state index is 0.170. The van der Waals surface area contributed by atoms with E-state index in [4.69, 9.17) is 5.73 Å². The molecule has 3 N–H and O–H groups in total. The summed E-state index contributed by atoms with van der Waals surface area (Å²) >= 11 is 0. The van der Waals surface area contributed by atoms with Gasteiger partial charge in [-0.3, -0.25) is 14.3 Å². The number of hydrogen-bond acceptors (Lipinski definition) is 3. The van der Waals surface area contributed by atoms with Crippen molar-refractivity contribution in [1.29, 1.82) is 0 Å². The number of nitrogens with two attached hydrogens (primary N) is 1. The van der Waals surface area contributed by atoms with Gasteiger partial charge >= 0.3 is 5.69 Å². The summed E-state index contributed by atoms with van der Waals surface area (Å²) in [5, 5.41) is 0. The van der Waals surface area contributed by atoms with Gasteiger partial charge in [0.2, 0.25) is 0 Å². The molecule has 0 aliphatic rings. The predicted octanol–water partition coefficient (Wildman–Crippen LogP) is 0.729. The van der Waals surface area contributed by atoms with Crippen molar-refractivity contribution in [3.63, 3.8) is 0 Å². The Labute approximate surface area is 104 Å². The minimum Gasteiger partial charge on any atom is -0.385 e. The van der Waals surface area contributed by atoms with Crippen LogP contribution in [-0.2, 0) is 13.0 Å². The van der Waals surface area contributed by atoms with E-state index >= 15 is 0 Å². The molecular formula is C13H15N3O2. The molecule has 18 heavy (non-hydrogen) atoms. The second-order valence-electron chi connectivity index (χ2n) is 4.12. The average molecular weight is 245 g/mol. The molecule has 2 rings (SSSR count). The van der Waals surface area contributed by atoms with Crippen molar-refractivity contribution in [2.45, 2.75) is 19.9 Å². The Morgan fingerprint density at radius 2 is 1.78 bits per heavy atom. The van der Waals surface area contributed by atoms with Crippen LogP contribution in [0.1, 0.15) is 18.1 Å². The maximum absolute atomic E-state index is 11.6. The third-order valence-corrected chi connectivity index (χ3v) is 2.84. The highest BCUT2D eigenvalue weighted by molar-refractivity contribution is 5.29. The van der Waals surface area contributed by atoms with Crippen LogP contribution < -0.4 is 17.0 Å². The number of rotatable bonds is 3. The number of benzene rings is 1. The van der Waals surface area contributed by atoms with Gasteiger partial charge in [-0.2, -0.15) is 0 Å². The number of nitrogen functional groups attached to an aromatic ring is 1. The monoisotopic (exact) mass is 245 g/mol. The molecule has 1 aromatic heterocycles. The Morgan fingerprint density at radius 1 is 1.17 bits per heavy atom. The molecule has 0 unspecified atom stereocenters. The summed E-state index contributed by atoms with van der Waals surface area (Å²) in [6, 6.07) is 9.15. The van der Waals surface area contributed by atoms with Gasteiger partial charge in [0.25, 0.3) is 5.56 Å². The van der Waals surface area contributed by atoms with Gasteiger partial charge < -0.3 is 5.73 Å². The topological polar surface area (TPSA) is 80.9 Å². The number of aryl methyl sites for hydroxylation is 1. The molecule has 0 bridgehead atoms. The number of aromatic nitrogens is 2. The summed E-state index contributed by atoms with van der Waals surface area (Å²) in [4.78, 5) is 24.9. The van der Waals surface area contributed by atoms with Crippen LogP contribution in [0.5, 0.6) is 0 Å². The highest BCUT2D eigenvalue weighted by Crippen LogP contribution is 2.07.